The van der Waals surface area contributed by atoms with Crippen molar-refractivity contribution in [3.05, 3.63) is 18.2 Å². The largest absolute Gasteiger partial charge is 0.490 e. The molecule has 0 bridgehead atoms. The molecular weight excluding hydrogens is 396 g/mol. The van der Waals surface area contributed by atoms with Gasteiger partial charge in [-0.1, -0.05) is 0 Å². The van der Waals surface area contributed by atoms with Crippen LogP contribution in [-0.2, 0) is 9.53 Å². The van der Waals surface area contributed by atoms with Crippen LogP contribution in [0.2, 0.25) is 0 Å². The van der Waals surface area contributed by atoms with Gasteiger partial charge in [0.1, 0.15) is 0 Å². The second-order valence-electron chi connectivity index (χ2n) is 7.60. The maximum atomic E-state index is 13.0. The van der Waals surface area contributed by atoms with Crippen LogP contribution in [0.1, 0.15) is 32.1 Å². The van der Waals surface area contributed by atoms with Crippen LogP contribution >= 0.6 is 0 Å². The van der Waals surface area contributed by atoms with Gasteiger partial charge in [0, 0.05) is 25.7 Å². The van der Waals surface area contributed by atoms with E-state index >= 15 is 0 Å². The second-order valence-corrected chi connectivity index (χ2v) is 7.60. The zero-order valence-corrected chi connectivity index (χ0v) is 15.9. The summed E-state index contributed by atoms with van der Waals surface area (Å²) in [5.74, 6) is -2.53. The van der Waals surface area contributed by atoms with Crippen molar-refractivity contribution in [2.45, 2.75) is 49.9 Å². The number of carboxylic acid groups (broad SMARTS) is 1. The van der Waals surface area contributed by atoms with Gasteiger partial charge in [0.05, 0.1) is 18.0 Å². The summed E-state index contributed by atoms with van der Waals surface area (Å²) in [6.45, 7) is 5.04. The Morgan fingerprint density at radius 2 is 1.83 bits per heavy atom. The molecule has 3 aliphatic heterocycles. The monoisotopic (exact) mass is 420 g/mol. The molecule has 0 aromatic carbocycles. The molecule has 29 heavy (non-hydrogen) atoms. The highest BCUT2D eigenvalue weighted by Gasteiger charge is 2.45. The maximum absolute atomic E-state index is 13.0. The van der Waals surface area contributed by atoms with Crippen LogP contribution in [0.15, 0.2) is 12.4 Å². The number of hydrogen-bond acceptors (Lipinski definition) is 6. The Labute approximate surface area is 165 Å². The van der Waals surface area contributed by atoms with Crippen molar-refractivity contribution >= 4 is 11.9 Å². The lowest BCUT2D eigenvalue weighted by molar-refractivity contribution is -0.192. The van der Waals surface area contributed by atoms with E-state index in [-0.39, 0.29) is 11.4 Å². The van der Waals surface area contributed by atoms with E-state index in [1.54, 1.807) is 0 Å². The highest BCUT2D eigenvalue weighted by atomic mass is 19.4. The summed E-state index contributed by atoms with van der Waals surface area (Å²) in [6, 6.07) is 0.658. The molecule has 1 N–H and O–H groups in total. The molecule has 0 radical (unpaired) electrons. The zero-order valence-electron chi connectivity index (χ0n) is 15.9. The van der Waals surface area contributed by atoms with Crippen molar-refractivity contribution in [3.8, 4) is 0 Å². The van der Waals surface area contributed by atoms with Crippen LogP contribution in [0.4, 0.5) is 23.5 Å². The number of alkyl halides is 3. The van der Waals surface area contributed by atoms with Gasteiger partial charge >= 0.3 is 12.1 Å². The number of hydrogen-bond donors (Lipinski definition) is 1. The quantitative estimate of drug-likeness (QED) is 0.737. The Balaban J connectivity index is 0.000000298. The Hall–Kier alpha value is -2.01. The molecule has 2 atom stereocenters. The molecule has 0 amide bonds. The summed E-state index contributed by atoms with van der Waals surface area (Å²) < 4.78 is 50.9. The normalized spacial score (nSPS) is 27.7. The summed E-state index contributed by atoms with van der Waals surface area (Å²) in [5.41, 5.74) is -0.0662. The molecule has 0 aliphatic carbocycles. The number of carbonyl (C=O) groups is 1. The highest BCUT2D eigenvalue weighted by Crippen LogP contribution is 2.37. The predicted molar refractivity (Wildman–Crippen MR) is 95.0 cm³/mol. The third-order valence-corrected chi connectivity index (χ3v) is 5.57. The van der Waals surface area contributed by atoms with Crippen molar-refractivity contribution in [1.29, 1.82) is 0 Å². The minimum atomic E-state index is -5.08. The number of nitrogens with zero attached hydrogens (tertiary/aromatic N) is 4. The van der Waals surface area contributed by atoms with Gasteiger partial charge < -0.3 is 19.6 Å². The van der Waals surface area contributed by atoms with E-state index in [0.29, 0.717) is 12.0 Å². The SMILES string of the molecule is Fc1cnc(N2CC[C@@]3(C[C@@H](N4CCCC4)CCO3)C2)nc1.O=C(O)C(F)(F)F. The molecule has 4 rings (SSSR count). The number of halogens is 4. The van der Waals surface area contributed by atoms with Gasteiger partial charge in [-0.3, -0.25) is 0 Å². The van der Waals surface area contributed by atoms with Gasteiger partial charge in [-0.05, 0) is 45.2 Å². The molecule has 11 heteroatoms. The summed E-state index contributed by atoms with van der Waals surface area (Å²) in [6.07, 6.45) is 3.32. The van der Waals surface area contributed by atoms with Gasteiger partial charge in [-0.15, -0.1) is 0 Å². The van der Waals surface area contributed by atoms with E-state index in [9.17, 15) is 17.6 Å². The van der Waals surface area contributed by atoms with Crippen LogP contribution in [0.25, 0.3) is 0 Å². The molecule has 3 fully saturated rings. The Morgan fingerprint density at radius 3 is 2.41 bits per heavy atom. The molecule has 1 spiro atoms. The first kappa shape index (κ1) is 21.7. The average molecular weight is 420 g/mol. The first-order valence-corrected chi connectivity index (χ1v) is 9.59. The number of likely N-dealkylation sites (tertiary alicyclic amines) is 1. The van der Waals surface area contributed by atoms with E-state index in [2.05, 4.69) is 19.8 Å². The van der Waals surface area contributed by atoms with Crippen LogP contribution in [-0.4, -0.2) is 76.5 Å². The number of ether oxygens (including phenoxy) is 1. The Kier molecular flexibility index (Phi) is 6.57. The standard InChI is InChI=1S/C16H23FN4O.C2HF3O2/c17-13-10-18-15(19-11-13)21-7-4-16(12-21)9-14(3-8-22-16)20-5-1-2-6-20;3-2(4,5)1(6)7/h10-11,14H,1-9,12H2;(H,6,7)/t14-,16+;/m0./s1. The molecule has 7 nitrogen and oxygen atoms in total. The van der Waals surface area contributed by atoms with Gasteiger partial charge in [-0.2, -0.15) is 13.2 Å². The summed E-state index contributed by atoms with van der Waals surface area (Å²) in [5, 5.41) is 7.12. The fourth-order valence-corrected chi connectivity index (χ4v) is 4.19. The third kappa shape index (κ3) is 5.53. The molecule has 162 valence electrons. The maximum Gasteiger partial charge on any atom is 0.490 e. The number of rotatable bonds is 2. The van der Waals surface area contributed by atoms with E-state index in [4.69, 9.17) is 14.6 Å². The van der Waals surface area contributed by atoms with Gasteiger partial charge in [0.2, 0.25) is 5.95 Å². The van der Waals surface area contributed by atoms with Gasteiger partial charge in [-0.25, -0.2) is 19.2 Å². The predicted octanol–water partition coefficient (Wildman–Crippen LogP) is 2.47. The first-order valence-electron chi connectivity index (χ1n) is 9.59. The van der Waals surface area contributed by atoms with Crippen molar-refractivity contribution in [2.75, 3.05) is 37.7 Å². The minimum absolute atomic E-state index is 0.0662. The summed E-state index contributed by atoms with van der Waals surface area (Å²) in [4.78, 5) is 21.9. The molecule has 3 saturated heterocycles. The summed E-state index contributed by atoms with van der Waals surface area (Å²) in [7, 11) is 0. The van der Waals surface area contributed by atoms with Crippen molar-refractivity contribution in [1.82, 2.24) is 14.9 Å². The zero-order chi connectivity index (χ0) is 21.1. The van der Waals surface area contributed by atoms with Gasteiger partial charge in [0.15, 0.2) is 5.82 Å². The van der Waals surface area contributed by atoms with E-state index in [1.165, 1.54) is 38.3 Å². The van der Waals surface area contributed by atoms with Crippen LogP contribution in [0.5, 0.6) is 0 Å². The number of anilines is 1. The smallest absolute Gasteiger partial charge is 0.475 e. The lowest BCUT2D eigenvalue weighted by atomic mass is 9.89. The highest BCUT2D eigenvalue weighted by molar-refractivity contribution is 5.73. The molecule has 4 heterocycles. The molecule has 0 unspecified atom stereocenters. The molecule has 1 aromatic rings. The van der Waals surface area contributed by atoms with Crippen LogP contribution in [0.3, 0.4) is 0 Å². The number of aliphatic carboxylic acids is 1. The molecule has 1 aromatic heterocycles. The number of carboxylic acids is 1. The number of aromatic nitrogens is 2. The fourth-order valence-electron chi connectivity index (χ4n) is 4.19. The lowest BCUT2D eigenvalue weighted by Gasteiger charge is -2.41. The first-order chi connectivity index (χ1) is 13.7. The topological polar surface area (TPSA) is 78.8 Å². The van der Waals surface area contributed by atoms with E-state index in [0.717, 1.165) is 39.0 Å². The molecule has 3 aliphatic rings. The van der Waals surface area contributed by atoms with Crippen LogP contribution in [0, 0.1) is 5.82 Å². The Bertz CT molecular complexity index is 697. The van der Waals surface area contributed by atoms with Crippen LogP contribution < -0.4 is 4.90 Å². The average Bonchev–Trinajstić information content (AvgIpc) is 3.33. The summed E-state index contributed by atoms with van der Waals surface area (Å²) >= 11 is 0. The van der Waals surface area contributed by atoms with Crippen molar-refractivity contribution in [3.63, 3.8) is 0 Å². The lowest BCUT2D eigenvalue weighted by Crippen LogP contribution is -2.49. The van der Waals surface area contributed by atoms with Crippen molar-refractivity contribution in [2.24, 2.45) is 0 Å². The Morgan fingerprint density at radius 1 is 1.21 bits per heavy atom. The minimum Gasteiger partial charge on any atom is -0.475 e. The van der Waals surface area contributed by atoms with Crippen molar-refractivity contribution < 1.29 is 32.2 Å². The molecule has 0 saturated carbocycles. The van der Waals surface area contributed by atoms with E-state index < -0.39 is 12.1 Å². The third-order valence-electron chi connectivity index (χ3n) is 5.57. The van der Waals surface area contributed by atoms with E-state index in [1.807, 2.05) is 0 Å². The fraction of sp³-hybridized carbons (Fsp3) is 0.722. The van der Waals surface area contributed by atoms with Gasteiger partial charge in [0.25, 0.3) is 0 Å². The molecular formula is C18H24F4N4O3. The second kappa shape index (κ2) is 8.78.